The molecule has 0 spiro atoms. The summed E-state index contributed by atoms with van der Waals surface area (Å²) in [5.41, 5.74) is 8.25. The van der Waals surface area contributed by atoms with Gasteiger partial charge in [0.1, 0.15) is 5.69 Å². The second-order valence-corrected chi connectivity index (χ2v) is 3.66. The monoisotopic (exact) mass is 214 g/mol. The zero-order valence-electron chi connectivity index (χ0n) is 8.71. The average molecular weight is 214 g/mol. The second-order valence-electron chi connectivity index (χ2n) is 3.66. The molecule has 0 aliphatic rings. The lowest BCUT2D eigenvalue weighted by Crippen LogP contribution is -1.88. The molecule has 80 valence electrons. The van der Waals surface area contributed by atoms with Gasteiger partial charge in [-0.05, 0) is 6.07 Å². The molecule has 5 nitrogen and oxygen atoms in total. The van der Waals surface area contributed by atoms with Crippen LogP contribution in [0.1, 0.15) is 0 Å². The molecule has 0 radical (unpaired) electrons. The molecule has 0 aliphatic heterocycles. The van der Waals surface area contributed by atoms with Crippen molar-refractivity contribution in [2.75, 3.05) is 5.73 Å². The van der Waals surface area contributed by atoms with Crippen LogP contribution in [0.15, 0.2) is 35.0 Å². The Hall–Kier alpha value is -2.30. The molecule has 1 aromatic carbocycles. The topological polar surface area (TPSA) is 69.9 Å². The minimum absolute atomic E-state index is 0.320. The summed E-state index contributed by atoms with van der Waals surface area (Å²) in [5, 5.41) is 9.16. The van der Waals surface area contributed by atoms with Crippen molar-refractivity contribution >= 4 is 16.8 Å². The average Bonchev–Trinajstić information content (AvgIpc) is 2.86. The van der Waals surface area contributed by atoms with Gasteiger partial charge in [-0.15, -0.1) is 0 Å². The number of aryl methyl sites for hydroxylation is 1. The summed E-state index contributed by atoms with van der Waals surface area (Å²) in [4.78, 5) is 0. The van der Waals surface area contributed by atoms with Crippen LogP contribution in [-0.2, 0) is 7.05 Å². The number of benzene rings is 1. The fourth-order valence-corrected chi connectivity index (χ4v) is 1.73. The Morgan fingerprint density at radius 2 is 2.19 bits per heavy atom. The summed E-state index contributed by atoms with van der Waals surface area (Å²) >= 11 is 0. The Morgan fingerprint density at radius 3 is 2.94 bits per heavy atom. The van der Waals surface area contributed by atoms with E-state index in [0.29, 0.717) is 5.88 Å². The van der Waals surface area contributed by atoms with Crippen LogP contribution in [0.5, 0.6) is 0 Å². The zero-order valence-corrected chi connectivity index (χ0v) is 8.71. The summed E-state index contributed by atoms with van der Waals surface area (Å²) in [7, 11) is 1.91. The molecule has 5 heteroatoms. The molecular formula is C11H10N4O. The van der Waals surface area contributed by atoms with Crippen LogP contribution in [0.2, 0.25) is 0 Å². The summed E-state index contributed by atoms with van der Waals surface area (Å²) in [5.74, 6) is 0.320. The van der Waals surface area contributed by atoms with E-state index in [1.807, 2.05) is 36.1 Å². The summed E-state index contributed by atoms with van der Waals surface area (Å²) in [6.45, 7) is 0. The standard InChI is InChI=1S/C11H10N4O/c1-15-10-4-7(2-3-8(10)6-13-15)9-5-11(12)16-14-9/h2-6H,12H2,1H3. The number of nitrogens with two attached hydrogens (primary N) is 1. The van der Waals surface area contributed by atoms with E-state index in [1.165, 1.54) is 0 Å². The third-order valence-corrected chi connectivity index (χ3v) is 2.57. The minimum atomic E-state index is 0.320. The number of aromatic nitrogens is 3. The van der Waals surface area contributed by atoms with Crippen molar-refractivity contribution in [3.63, 3.8) is 0 Å². The van der Waals surface area contributed by atoms with Crippen molar-refractivity contribution in [1.82, 2.24) is 14.9 Å². The molecular weight excluding hydrogens is 204 g/mol. The molecule has 0 atom stereocenters. The molecule has 0 saturated heterocycles. The fourth-order valence-electron chi connectivity index (χ4n) is 1.73. The first kappa shape index (κ1) is 8.96. The summed E-state index contributed by atoms with van der Waals surface area (Å²) < 4.78 is 6.67. The van der Waals surface area contributed by atoms with Gasteiger partial charge in [0.25, 0.3) is 0 Å². The zero-order chi connectivity index (χ0) is 11.1. The van der Waals surface area contributed by atoms with Gasteiger partial charge in [-0.3, -0.25) is 4.68 Å². The number of nitrogen functional groups attached to an aromatic ring is 1. The van der Waals surface area contributed by atoms with Gasteiger partial charge in [0.15, 0.2) is 0 Å². The van der Waals surface area contributed by atoms with Crippen molar-refractivity contribution in [3.8, 4) is 11.3 Å². The lowest BCUT2D eigenvalue weighted by atomic mass is 10.1. The van der Waals surface area contributed by atoms with Gasteiger partial charge in [0, 0.05) is 24.1 Å². The van der Waals surface area contributed by atoms with Gasteiger partial charge in [-0.2, -0.15) is 5.10 Å². The number of rotatable bonds is 1. The van der Waals surface area contributed by atoms with E-state index in [2.05, 4.69) is 10.3 Å². The largest absolute Gasteiger partial charge is 0.368 e. The van der Waals surface area contributed by atoms with Crippen molar-refractivity contribution < 1.29 is 4.52 Å². The van der Waals surface area contributed by atoms with Gasteiger partial charge in [0.2, 0.25) is 5.88 Å². The highest BCUT2D eigenvalue weighted by molar-refractivity contribution is 5.83. The predicted molar refractivity (Wildman–Crippen MR) is 60.6 cm³/mol. The number of anilines is 1. The van der Waals surface area contributed by atoms with E-state index in [-0.39, 0.29) is 0 Å². The number of hydrogen-bond acceptors (Lipinski definition) is 4. The predicted octanol–water partition coefficient (Wildman–Crippen LogP) is 1.81. The first-order chi connectivity index (χ1) is 7.74. The number of nitrogens with zero attached hydrogens (tertiary/aromatic N) is 3. The van der Waals surface area contributed by atoms with Crippen LogP contribution < -0.4 is 5.73 Å². The molecule has 2 heterocycles. The van der Waals surface area contributed by atoms with E-state index in [9.17, 15) is 0 Å². The molecule has 2 aromatic heterocycles. The Morgan fingerprint density at radius 1 is 1.31 bits per heavy atom. The number of fused-ring (bicyclic) bond motifs is 1. The third-order valence-electron chi connectivity index (χ3n) is 2.57. The van der Waals surface area contributed by atoms with E-state index in [4.69, 9.17) is 10.3 Å². The highest BCUT2D eigenvalue weighted by Gasteiger charge is 2.06. The van der Waals surface area contributed by atoms with Crippen molar-refractivity contribution in [1.29, 1.82) is 0 Å². The van der Waals surface area contributed by atoms with Crippen LogP contribution in [0.3, 0.4) is 0 Å². The first-order valence-corrected chi connectivity index (χ1v) is 4.88. The second kappa shape index (κ2) is 3.10. The normalized spacial score (nSPS) is 11.1. The van der Waals surface area contributed by atoms with Crippen molar-refractivity contribution in [2.45, 2.75) is 0 Å². The van der Waals surface area contributed by atoms with Crippen LogP contribution in [0.25, 0.3) is 22.2 Å². The van der Waals surface area contributed by atoms with E-state index < -0.39 is 0 Å². The summed E-state index contributed by atoms with van der Waals surface area (Å²) in [6, 6.07) is 7.70. The molecule has 2 N–H and O–H groups in total. The molecule has 3 rings (SSSR count). The lowest BCUT2D eigenvalue weighted by Gasteiger charge is -1.97. The molecule has 0 unspecified atom stereocenters. The lowest BCUT2D eigenvalue weighted by molar-refractivity contribution is 0.439. The molecule has 0 bridgehead atoms. The maximum absolute atomic E-state index is 5.49. The van der Waals surface area contributed by atoms with Crippen LogP contribution >= 0.6 is 0 Å². The van der Waals surface area contributed by atoms with Crippen LogP contribution in [0, 0.1) is 0 Å². The Labute approximate surface area is 91.4 Å². The van der Waals surface area contributed by atoms with Crippen LogP contribution in [0.4, 0.5) is 5.88 Å². The maximum Gasteiger partial charge on any atom is 0.222 e. The summed E-state index contributed by atoms with van der Waals surface area (Å²) in [6.07, 6.45) is 1.83. The smallest absolute Gasteiger partial charge is 0.222 e. The van der Waals surface area contributed by atoms with Gasteiger partial charge in [0.05, 0.1) is 11.7 Å². The Balaban J connectivity index is 2.21. The highest BCUT2D eigenvalue weighted by Crippen LogP contribution is 2.24. The number of hydrogen-bond donors (Lipinski definition) is 1. The van der Waals surface area contributed by atoms with E-state index in [1.54, 1.807) is 6.07 Å². The SMILES string of the molecule is Cn1ncc2ccc(-c3cc(N)on3)cc21. The molecule has 0 saturated carbocycles. The first-order valence-electron chi connectivity index (χ1n) is 4.88. The van der Waals surface area contributed by atoms with Gasteiger partial charge in [-0.25, -0.2) is 0 Å². The van der Waals surface area contributed by atoms with Crippen molar-refractivity contribution in [2.24, 2.45) is 7.05 Å². The minimum Gasteiger partial charge on any atom is -0.368 e. The van der Waals surface area contributed by atoms with E-state index in [0.717, 1.165) is 22.2 Å². The quantitative estimate of drug-likeness (QED) is 0.670. The van der Waals surface area contributed by atoms with Gasteiger partial charge < -0.3 is 10.3 Å². The Kier molecular flexibility index (Phi) is 1.73. The third kappa shape index (κ3) is 1.25. The van der Waals surface area contributed by atoms with Crippen LogP contribution in [-0.4, -0.2) is 14.9 Å². The Bertz CT molecular complexity index is 653. The van der Waals surface area contributed by atoms with Gasteiger partial charge >= 0.3 is 0 Å². The maximum atomic E-state index is 5.49. The fraction of sp³-hybridized carbons (Fsp3) is 0.0909. The van der Waals surface area contributed by atoms with Crippen molar-refractivity contribution in [3.05, 3.63) is 30.5 Å². The molecule has 0 amide bonds. The molecule has 0 aliphatic carbocycles. The molecule has 3 aromatic rings. The van der Waals surface area contributed by atoms with Gasteiger partial charge in [-0.1, -0.05) is 17.3 Å². The molecule has 0 fully saturated rings. The molecule has 16 heavy (non-hydrogen) atoms. The highest BCUT2D eigenvalue weighted by atomic mass is 16.5. The van der Waals surface area contributed by atoms with E-state index >= 15 is 0 Å².